The minimum Gasteiger partial charge on any atom is -0.345 e. The van der Waals surface area contributed by atoms with Crippen molar-refractivity contribution in [2.24, 2.45) is 0 Å². The second-order valence-electron chi connectivity index (χ2n) is 18.3. The second kappa shape index (κ2) is 18.1. The Balaban J connectivity index is 0.000000480. The minimum atomic E-state index is 0.119. The fourth-order valence-electron chi connectivity index (χ4n) is 6.65. The zero-order chi connectivity index (χ0) is 37.2. The molecule has 0 saturated heterocycles. The van der Waals surface area contributed by atoms with Crippen molar-refractivity contribution in [3.05, 3.63) is 34.4 Å². The lowest BCUT2D eigenvalue weighted by atomic mass is 9.75. The molecule has 0 bridgehead atoms. The van der Waals surface area contributed by atoms with Crippen molar-refractivity contribution in [2.75, 3.05) is 0 Å². The van der Waals surface area contributed by atoms with Gasteiger partial charge in [-0.25, -0.2) is 9.97 Å². The van der Waals surface area contributed by atoms with Crippen molar-refractivity contribution in [3.63, 3.8) is 0 Å². The Labute approximate surface area is 300 Å². The van der Waals surface area contributed by atoms with Gasteiger partial charge in [-0.05, 0) is 51.4 Å². The molecule has 280 valence electrons. The highest BCUT2D eigenvalue weighted by molar-refractivity contribution is 5.33. The second-order valence-corrected chi connectivity index (χ2v) is 18.3. The third kappa shape index (κ3) is 10.7. The van der Waals surface area contributed by atoms with Crippen LogP contribution in [0.1, 0.15) is 249 Å². The van der Waals surface area contributed by atoms with Crippen LogP contribution in [0.4, 0.5) is 0 Å². The molecule has 2 aromatic heterocycles. The van der Waals surface area contributed by atoms with Gasteiger partial charge in [0, 0.05) is 43.9 Å². The third-order valence-corrected chi connectivity index (χ3v) is 12.9. The Morgan fingerprint density at radius 1 is 0.396 bits per heavy atom. The highest BCUT2D eigenvalue weighted by atomic mass is 15.0. The summed E-state index contributed by atoms with van der Waals surface area (Å²) in [5.41, 5.74) is 6.23. The van der Waals surface area contributed by atoms with Gasteiger partial charge < -0.3 is 9.97 Å². The van der Waals surface area contributed by atoms with E-state index < -0.39 is 0 Å². The lowest BCUT2D eigenvalue weighted by molar-refractivity contribution is 0.400. The molecule has 2 aromatic rings. The number of aromatic amines is 2. The lowest BCUT2D eigenvalue weighted by Crippen LogP contribution is -2.27. The summed E-state index contributed by atoms with van der Waals surface area (Å²) in [6.45, 7) is 41.9. The zero-order valence-electron chi connectivity index (χ0n) is 35.8. The average Bonchev–Trinajstić information content (AvgIpc) is 3.73. The fraction of sp³-hybridized carbons (Fsp3) is 0.864. The summed E-state index contributed by atoms with van der Waals surface area (Å²) < 4.78 is 0. The largest absolute Gasteiger partial charge is 0.345 e. The fourth-order valence-corrected chi connectivity index (χ4v) is 6.65. The first-order valence-electron chi connectivity index (χ1n) is 20.4. The van der Waals surface area contributed by atoms with E-state index in [1.165, 1.54) is 85.8 Å². The summed E-state index contributed by atoms with van der Waals surface area (Å²) in [6.07, 6.45) is 17.0. The molecule has 2 N–H and O–H groups in total. The number of nitrogens with zero attached hydrogens (tertiary/aromatic N) is 2. The molecular weight excluding hydrogens is 585 g/mol. The van der Waals surface area contributed by atoms with E-state index >= 15 is 0 Å². The number of H-pyrrole nitrogens is 2. The molecule has 48 heavy (non-hydrogen) atoms. The van der Waals surface area contributed by atoms with Crippen LogP contribution >= 0.6 is 0 Å². The molecule has 0 radical (unpaired) electrons. The monoisotopic (exact) mass is 669 g/mol. The van der Waals surface area contributed by atoms with E-state index in [2.05, 4.69) is 135 Å². The first-order valence-corrected chi connectivity index (χ1v) is 20.4. The van der Waals surface area contributed by atoms with E-state index in [0.717, 1.165) is 38.5 Å². The van der Waals surface area contributed by atoms with Crippen LogP contribution in [0.25, 0.3) is 0 Å². The topological polar surface area (TPSA) is 57.4 Å². The number of nitrogens with one attached hydrogen (secondary N) is 2. The molecule has 0 amide bonds. The van der Waals surface area contributed by atoms with Gasteiger partial charge in [-0.15, -0.1) is 0 Å². The van der Waals surface area contributed by atoms with E-state index in [9.17, 15) is 0 Å². The molecule has 0 spiro atoms. The Bertz CT molecular complexity index is 1100. The highest BCUT2D eigenvalue weighted by Crippen LogP contribution is 2.42. The number of imidazole rings is 2. The number of hydrogen-bond donors (Lipinski definition) is 2. The molecule has 0 aliphatic rings. The zero-order valence-corrected chi connectivity index (χ0v) is 35.8. The predicted molar refractivity (Wildman–Crippen MR) is 214 cm³/mol. The van der Waals surface area contributed by atoms with Crippen LogP contribution in [0.2, 0.25) is 0 Å². The van der Waals surface area contributed by atoms with Crippen molar-refractivity contribution < 1.29 is 0 Å². The van der Waals surface area contributed by atoms with Crippen molar-refractivity contribution in [1.29, 1.82) is 0 Å². The molecule has 0 aromatic carbocycles. The van der Waals surface area contributed by atoms with Gasteiger partial charge in [-0.1, -0.05) is 163 Å². The van der Waals surface area contributed by atoms with Crippen LogP contribution < -0.4 is 0 Å². The number of hydrogen-bond acceptors (Lipinski definition) is 2. The van der Waals surface area contributed by atoms with Crippen molar-refractivity contribution in [1.82, 2.24) is 19.9 Å². The Morgan fingerprint density at radius 3 is 0.917 bits per heavy atom. The molecule has 0 aliphatic heterocycles. The van der Waals surface area contributed by atoms with Gasteiger partial charge in [0.15, 0.2) is 0 Å². The van der Waals surface area contributed by atoms with Gasteiger partial charge >= 0.3 is 0 Å². The third-order valence-electron chi connectivity index (χ3n) is 12.9. The van der Waals surface area contributed by atoms with Crippen LogP contribution in [-0.2, 0) is 32.5 Å². The van der Waals surface area contributed by atoms with E-state index in [0.29, 0.717) is 0 Å². The molecule has 0 unspecified atom stereocenters. The summed E-state index contributed by atoms with van der Waals surface area (Å²) in [5.74, 6) is 2.39. The molecule has 0 aliphatic carbocycles. The molecule has 0 saturated carbocycles. The first-order chi connectivity index (χ1) is 22.1. The maximum absolute atomic E-state index is 5.21. The summed E-state index contributed by atoms with van der Waals surface area (Å²) in [6, 6.07) is 0. The smallest absolute Gasteiger partial charge is 0.112 e. The van der Waals surface area contributed by atoms with E-state index in [1.54, 1.807) is 0 Å². The van der Waals surface area contributed by atoms with Crippen LogP contribution in [-0.4, -0.2) is 19.9 Å². The van der Waals surface area contributed by atoms with Crippen LogP contribution in [0, 0.1) is 0 Å². The highest BCUT2D eigenvalue weighted by Gasteiger charge is 2.38. The minimum absolute atomic E-state index is 0.119. The molecule has 0 fully saturated rings. The Hall–Kier alpha value is -1.58. The number of rotatable bonds is 20. The maximum Gasteiger partial charge on any atom is 0.112 e. The summed E-state index contributed by atoms with van der Waals surface area (Å²) in [7, 11) is 0. The normalized spacial score (nSPS) is 13.5. The molecule has 2 heterocycles. The molecule has 0 atom stereocenters. The Morgan fingerprint density at radius 2 is 0.688 bits per heavy atom. The van der Waals surface area contributed by atoms with E-state index in [1.807, 2.05) is 0 Å². The summed E-state index contributed by atoms with van der Waals surface area (Å²) >= 11 is 0. The van der Waals surface area contributed by atoms with Gasteiger partial charge in [-0.3, -0.25) is 0 Å². The van der Waals surface area contributed by atoms with Gasteiger partial charge in [0.05, 0.1) is 11.4 Å². The molecule has 2 rings (SSSR count). The van der Waals surface area contributed by atoms with Crippen molar-refractivity contribution >= 4 is 0 Å². The molecular formula is C44H84N4. The molecule has 4 heteroatoms. The predicted octanol–water partition coefficient (Wildman–Crippen LogP) is 14.1. The van der Waals surface area contributed by atoms with Crippen molar-refractivity contribution in [2.45, 2.75) is 247 Å². The van der Waals surface area contributed by atoms with Crippen LogP contribution in [0.15, 0.2) is 0 Å². The van der Waals surface area contributed by atoms with Gasteiger partial charge in [-0.2, -0.15) is 0 Å². The maximum atomic E-state index is 5.21. The van der Waals surface area contributed by atoms with Gasteiger partial charge in [0.25, 0.3) is 0 Å². The number of aromatic nitrogens is 4. The van der Waals surface area contributed by atoms with Gasteiger partial charge in [0.2, 0.25) is 0 Å². The SMILES string of the molecule is CCCCCC(C)(C)c1nc(C(C)(C)CC)c(C(C)(CC)CC)[nH]1.CCCCCC(C)(C)c1nc(C(C)(C)CC)c(C(C)(CC)CC)[nH]1. The van der Waals surface area contributed by atoms with E-state index in [-0.39, 0.29) is 32.5 Å². The average molecular weight is 669 g/mol. The summed E-state index contributed by atoms with van der Waals surface area (Å²) in [4.78, 5) is 18.1. The standard InChI is InChI=1S/2C22H42N2/c2*1-10-14-15-16-21(7,8)19-23-17(20(5,6)11-2)18(24-19)22(9,12-3)13-4/h2*10-16H2,1-9H3,(H,23,24). The van der Waals surface area contributed by atoms with Gasteiger partial charge in [0.1, 0.15) is 11.6 Å². The van der Waals surface area contributed by atoms with Crippen molar-refractivity contribution in [3.8, 4) is 0 Å². The van der Waals surface area contributed by atoms with E-state index in [4.69, 9.17) is 9.97 Å². The Kier molecular flexibility index (Phi) is 16.7. The number of unbranched alkanes of at least 4 members (excludes halogenated alkanes) is 4. The van der Waals surface area contributed by atoms with Crippen LogP contribution in [0.3, 0.4) is 0 Å². The quantitative estimate of drug-likeness (QED) is 0.138. The summed E-state index contributed by atoms with van der Waals surface area (Å²) in [5, 5.41) is 0. The lowest BCUT2D eigenvalue weighted by Gasteiger charge is -2.31. The van der Waals surface area contributed by atoms with Crippen LogP contribution in [0.5, 0.6) is 0 Å². The first kappa shape index (κ1) is 44.4. The molecule has 4 nitrogen and oxygen atoms in total.